The standard InChI is InChI=1S/C18H22N6O2/c25-17-14-2-1-3-15(22-17)10-23(9-14)18(26)20-8-13-4-6-16(7-5-13)24-12-19-11-21-24/h4-7,11-12,14-15H,1-3,8-10H2,(H,20,26)(H,22,25)/t14-,15+/m1/s1. The van der Waals surface area contributed by atoms with Crippen LogP contribution in [-0.2, 0) is 11.3 Å². The second-order valence-electron chi connectivity index (χ2n) is 6.90. The molecule has 0 spiro atoms. The van der Waals surface area contributed by atoms with Gasteiger partial charge in [-0.15, -0.1) is 0 Å². The molecular formula is C18H22N6O2. The fourth-order valence-corrected chi connectivity index (χ4v) is 3.61. The van der Waals surface area contributed by atoms with Crippen LogP contribution < -0.4 is 10.6 Å². The Morgan fingerprint density at radius 3 is 2.85 bits per heavy atom. The fourth-order valence-electron chi connectivity index (χ4n) is 3.61. The third kappa shape index (κ3) is 3.54. The first-order valence-corrected chi connectivity index (χ1v) is 8.96. The first-order chi connectivity index (χ1) is 12.7. The van der Waals surface area contributed by atoms with Gasteiger partial charge in [0, 0.05) is 25.7 Å². The number of amides is 3. The van der Waals surface area contributed by atoms with Crippen LogP contribution in [0.4, 0.5) is 4.79 Å². The average molecular weight is 354 g/mol. The molecule has 4 rings (SSSR count). The number of likely N-dealkylation sites (tertiary alicyclic amines) is 1. The van der Waals surface area contributed by atoms with Crippen LogP contribution in [-0.4, -0.2) is 50.7 Å². The van der Waals surface area contributed by atoms with Crippen LogP contribution in [0, 0.1) is 5.92 Å². The van der Waals surface area contributed by atoms with Crippen molar-refractivity contribution in [3.8, 4) is 5.69 Å². The first-order valence-electron chi connectivity index (χ1n) is 8.96. The Bertz CT molecular complexity index is 773. The Balaban J connectivity index is 1.35. The molecule has 2 atom stereocenters. The number of nitrogens with zero attached hydrogens (tertiary/aromatic N) is 4. The summed E-state index contributed by atoms with van der Waals surface area (Å²) in [6.07, 6.45) is 5.97. The van der Waals surface area contributed by atoms with Gasteiger partial charge < -0.3 is 15.5 Å². The molecule has 2 saturated heterocycles. The molecule has 3 heterocycles. The number of aromatic nitrogens is 3. The molecule has 2 bridgehead atoms. The fraction of sp³-hybridized carbons (Fsp3) is 0.444. The zero-order valence-corrected chi connectivity index (χ0v) is 14.5. The molecule has 0 aliphatic carbocycles. The number of carbonyl (C=O) groups is 2. The minimum atomic E-state index is -0.112. The Hall–Kier alpha value is -2.90. The molecule has 136 valence electrons. The van der Waals surface area contributed by atoms with Crippen LogP contribution in [0.5, 0.6) is 0 Å². The maximum atomic E-state index is 12.6. The number of urea groups is 1. The Morgan fingerprint density at radius 2 is 2.08 bits per heavy atom. The maximum absolute atomic E-state index is 12.6. The molecule has 8 nitrogen and oxygen atoms in total. The van der Waals surface area contributed by atoms with Crippen LogP contribution in [0.3, 0.4) is 0 Å². The Kier molecular flexibility index (Phi) is 4.55. The van der Waals surface area contributed by atoms with Crippen molar-refractivity contribution in [2.75, 3.05) is 13.1 Å². The molecule has 2 N–H and O–H groups in total. The number of carbonyl (C=O) groups excluding carboxylic acids is 2. The highest BCUT2D eigenvalue weighted by Gasteiger charge is 2.34. The van der Waals surface area contributed by atoms with Crippen LogP contribution in [0.25, 0.3) is 5.69 Å². The highest BCUT2D eigenvalue weighted by atomic mass is 16.2. The van der Waals surface area contributed by atoms with Gasteiger partial charge in [0.25, 0.3) is 0 Å². The van der Waals surface area contributed by atoms with Crippen molar-refractivity contribution in [2.24, 2.45) is 5.92 Å². The van der Waals surface area contributed by atoms with Crippen molar-refractivity contribution >= 4 is 11.9 Å². The van der Waals surface area contributed by atoms with E-state index < -0.39 is 0 Å². The Labute approximate surface area is 151 Å². The summed E-state index contributed by atoms with van der Waals surface area (Å²) in [7, 11) is 0. The topological polar surface area (TPSA) is 92.2 Å². The monoisotopic (exact) mass is 354 g/mol. The number of nitrogens with one attached hydrogen (secondary N) is 2. The maximum Gasteiger partial charge on any atom is 0.317 e. The number of hydrogen-bond acceptors (Lipinski definition) is 4. The van der Waals surface area contributed by atoms with E-state index in [0.717, 1.165) is 30.5 Å². The SMILES string of the molecule is O=C1N[C@H]2CCC[C@@H]1CN(C(=O)NCc1ccc(-n3cncn3)cc1)C2. The van der Waals surface area contributed by atoms with Gasteiger partial charge >= 0.3 is 6.03 Å². The van der Waals surface area contributed by atoms with E-state index in [0.29, 0.717) is 19.6 Å². The predicted molar refractivity (Wildman–Crippen MR) is 94.4 cm³/mol. The second kappa shape index (κ2) is 7.15. The van der Waals surface area contributed by atoms with Gasteiger partial charge in [-0.25, -0.2) is 14.5 Å². The number of rotatable bonds is 3. The summed E-state index contributed by atoms with van der Waals surface area (Å²) in [6, 6.07) is 7.75. The van der Waals surface area contributed by atoms with E-state index in [9.17, 15) is 9.59 Å². The zero-order valence-electron chi connectivity index (χ0n) is 14.5. The minimum absolute atomic E-state index is 0.0720. The lowest BCUT2D eigenvalue weighted by molar-refractivity contribution is -0.124. The molecule has 0 radical (unpaired) electrons. The van der Waals surface area contributed by atoms with Gasteiger partial charge in [0.1, 0.15) is 12.7 Å². The third-order valence-corrected chi connectivity index (χ3v) is 5.05. The summed E-state index contributed by atoms with van der Waals surface area (Å²) >= 11 is 0. The largest absolute Gasteiger partial charge is 0.351 e. The summed E-state index contributed by atoms with van der Waals surface area (Å²) in [6.45, 7) is 1.53. The van der Waals surface area contributed by atoms with Gasteiger partial charge in [-0.1, -0.05) is 18.6 Å². The van der Waals surface area contributed by atoms with Crippen molar-refractivity contribution in [3.63, 3.8) is 0 Å². The molecule has 2 aromatic rings. The van der Waals surface area contributed by atoms with E-state index in [-0.39, 0.29) is 23.9 Å². The Morgan fingerprint density at radius 1 is 1.23 bits per heavy atom. The van der Waals surface area contributed by atoms with Crippen molar-refractivity contribution < 1.29 is 9.59 Å². The summed E-state index contributed by atoms with van der Waals surface area (Å²) < 4.78 is 1.68. The summed E-state index contributed by atoms with van der Waals surface area (Å²) in [5.74, 6) is 0.00159. The molecule has 8 heteroatoms. The lowest BCUT2D eigenvalue weighted by atomic mass is 9.99. The quantitative estimate of drug-likeness (QED) is 0.863. The molecule has 2 aliphatic heterocycles. The van der Waals surface area contributed by atoms with Gasteiger partial charge in [0.2, 0.25) is 5.91 Å². The highest BCUT2D eigenvalue weighted by Crippen LogP contribution is 2.21. The summed E-state index contributed by atoms with van der Waals surface area (Å²) in [5.41, 5.74) is 1.92. The van der Waals surface area contributed by atoms with Crippen LogP contribution in [0.15, 0.2) is 36.9 Å². The lowest BCUT2D eigenvalue weighted by Crippen LogP contribution is -2.46. The molecule has 2 aliphatic rings. The van der Waals surface area contributed by atoms with Crippen molar-refractivity contribution in [2.45, 2.75) is 31.8 Å². The lowest BCUT2D eigenvalue weighted by Gasteiger charge is -2.27. The third-order valence-electron chi connectivity index (χ3n) is 5.05. The van der Waals surface area contributed by atoms with Gasteiger partial charge in [-0.05, 0) is 30.5 Å². The molecule has 2 fully saturated rings. The number of fused-ring (bicyclic) bond motifs is 3. The molecular weight excluding hydrogens is 332 g/mol. The van der Waals surface area contributed by atoms with E-state index in [1.54, 1.807) is 15.9 Å². The second-order valence-corrected chi connectivity index (χ2v) is 6.90. The molecule has 0 saturated carbocycles. The molecule has 3 amide bonds. The average Bonchev–Trinajstić information content (AvgIpc) is 3.05. The smallest absolute Gasteiger partial charge is 0.317 e. The van der Waals surface area contributed by atoms with E-state index in [2.05, 4.69) is 20.7 Å². The van der Waals surface area contributed by atoms with Crippen LogP contribution in [0.1, 0.15) is 24.8 Å². The minimum Gasteiger partial charge on any atom is -0.351 e. The molecule has 1 aromatic heterocycles. The van der Waals surface area contributed by atoms with Gasteiger partial charge in [0.05, 0.1) is 11.6 Å². The van der Waals surface area contributed by atoms with Crippen molar-refractivity contribution in [1.29, 1.82) is 0 Å². The van der Waals surface area contributed by atoms with Crippen molar-refractivity contribution in [1.82, 2.24) is 30.3 Å². The van der Waals surface area contributed by atoms with E-state index in [4.69, 9.17) is 0 Å². The summed E-state index contributed by atoms with van der Waals surface area (Å²) in [5, 5.41) is 10.1. The predicted octanol–water partition coefficient (Wildman–Crippen LogP) is 1.08. The zero-order chi connectivity index (χ0) is 17.9. The van der Waals surface area contributed by atoms with E-state index >= 15 is 0 Å². The van der Waals surface area contributed by atoms with Gasteiger partial charge in [0.15, 0.2) is 0 Å². The molecule has 26 heavy (non-hydrogen) atoms. The number of hydrogen-bond donors (Lipinski definition) is 2. The molecule has 0 unspecified atom stereocenters. The van der Waals surface area contributed by atoms with Gasteiger partial charge in [-0.2, -0.15) is 5.10 Å². The molecule has 1 aromatic carbocycles. The van der Waals surface area contributed by atoms with E-state index in [1.807, 2.05) is 24.3 Å². The van der Waals surface area contributed by atoms with Crippen molar-refractivity contribution in [3.05, 3.63) is 42.5 Å². The van der Waals surface area contributed by atoms with Crippen LogP contribution >= 0.6 is 0 Å². The van der Waals surface area contributed by atoms with Crippen LogP contribution in [0.2, 0.25) is 0 Å². The summed E-state index contributed by atoms with van der Waals surface area (Å²) in [4.78, 5) is 30.4. The highest BCUT2D eigenvalue weighted by molar-refractivity contribution is 5.82. The van der Waals surface area contributed by atoms with E-state index in [1.165, 1.54) is 6.33 Å². The normalized spacial score (nSPS) is 22.5. The number of benzene rings is 1. The van der Waals surface area contributed by atoms with Gasteiger partial charge in [-0.3, -0.25) is 4.79 Å². The first kappa shape index (κ1) is 16.6.